The molecule has 1 N–H and O–H groups in total. The van der Waals surface area contributed by atoms with Gasteiger partial charge in [-0.1, -0.05) is 0 Å². The fraction of sp³-hybridized carbons (Fsp3) is 0.357. The second-order valence-corrected chi connectivity index (χ2v) is 6.99. The summed E-state index contributed by atoms with van der Waals surface area (Å²) >= 11 is 0. The first-order valence-electron chi connectivity index (χ1n) is 6.68. The van der Waals surface area contributed by atoms with Crippen molar-refractivity contribution in [3.63, 3.8) is 0 Å². The molecule has 3 rings (SSSR count). The van der Waals surface area contributed by atoms with Crippen LogP contribution in [0.2, 0.25) is 0 Å². The molecule has 0 amide bonds. The van der Waals surface area contributed by atoms with Gasteiger partial charge in [-0.2, -0.15) is 4.31 Å². The molecule has 1 aliphatic rings. The van der Waals surface area contributed by atoms with Crippen LogP contribution in [0.4, 0.5) is 0 Å². The first-order valence-corrected chi connectivity index (χ1v) is 8.12. The molecule has 0 fully saturated rings. The summed E-state index contributed by atoms with van der Waals surface area (Å²) in [6.07, 6.45) is 2.24. The van der Waals surface area contributed by atoms with Gasteiger partial charge in [-0.15, -0.1) is 0 Å². The van der Waals surface area contributed by atoms with Crippen molar-refractivity contribution in [1.29, 1.82) is 0 Å². The van der Waals surface area contributed by atoms with Crippen LogP contribution in [0.3, 0.4) is 0 Å². The van der Waals surface area contributed by atoms with E-state index in [4.69, 9.17) is 4.74 Å². The highest BCUT2D eigenvalue weighted by atomic mass is 32.2. The number of imidazole rings is 1. The van der Waals surface area contributed by atoms with Crippen LogP contribution in [0.25, 0.3) is 0 Å². The van der Waals surface area contributed by atoms with Gasteiger partial charge in [0.05, 0.1) is 36.3 Å². The Hall–Kier alpha value is -1.86. The maximum absolute atomic E-state index is 12.7. The van der Waals surface area contributed by atoms with E-state index in [9.17, 15) is 8.42 Å². The zero-order chi connectivity index (χ0) is 15.0. The van der Waals surface area contributed by atoms with Gasteiger partial charge in [-0.05, 0) is 30.7 Å². The van der Waals surface area contributed by atoms with Crippen LogP contribution >= 0.6 is 0 Å². The van der Waals surface area contributed by atoms with Gasteiger partial charge in [-0.3, -0.25) is 0 Å². The molecule has 112 valence electrons. The molecule has 0 saturated carbocycles. The number of hydrogen-bond donors (Lipinski definition) is 1. The van der Waals surface area contributed by atoms with Crippen LogP contribution in [0.15, 0.2) is 29.4 Å². The number of sulfonamides is 1. The van der Waals surface area contributed by atoms with Crippen molar-refractivity contribution < 1.29 is 13.2 Å². The van der Waals surface area contributed by atoms with Crippen LogP contribution in [-0.4, -0.2) is 36.3 Å². The van der Waals surface area contributed by atoms with Gasteiger partial charge in [0.25, 0.3) is 0 Å². The van der Waals surface area contributed by atoms with Crippen molar-refractivity contribution in [1.82, 2.24) is 14.3 Å². The number of benzene rings is 1. The van der Waals surface area contributed by atoms with Crippen LogP contribution in [0.1, 0.15) is 17.0 Å². The monoisotopic (exact) mass is 307 g/mol. The minimum absolute atomic E-state index is 0.295. The molecule has 0 radical (unpaired) electrons. The topological polar surface area (TPSA) is 75.3 Å². The van der Waals surface area contributed by atoms with Crippen LogP contribution in [-0.2, 0) is 23.0 Å². The number of H-pyrrole nitrogens is 1. The van der Waals surface area contributed by atoms with E-state index in [1.807, 2.05) is 6.92 Å². The SMILES string of the molecule is COc1ccc(S(=O)(=O)N2CCc3nc[nH]c3C2)cc1C. The number of nitrogens with zero attached hydrogens (tertiary/aromatic N) is 2. The Kier molecular flexibility index (Phi) is 3.46. The molecule has 0 saturated heterocycles. The van der Waals surface area contributed by atoms with E-state index >= 15 is 0 Å². The van der Waals surface area contributed by atoms with Gasteiger partial charge < -0.3 is 9.72 Å². The number of ether oxygens (including phenoxy) is 1. The maximum Gasteiger partial charge on any atom is 0.243 e. The first-order chi connectivity index (χ1) is 10.0. The first kappa shape index (κ1) is 14.1. The summed E-state index contributed by atoms with van der Waals surface area (Å²) in [5.41, 5.74) is 2.63. The maximum atomic E-state index is 12.7. The van der Waals surface area contributed by atoms with Gasteiger partial charge in [0.2, 0.25) is 10.0 Å². The Morgan fingerprint density at radius 2 is 2.19 bits per heavy atom. The zero-order valence-electron chi connectivity index (χ0n) is 12.0. The van der Waals surface area contributed by atoms with Gasteiger partial charge in [-0.25, -0.2) is 13.4 Å². The molecule has 1 aromatic carbocycles. The minimum Gasteiger partial charge on any atom is -0.496 e. The second-order valence-electron chi connectivity index (χ2n) is 5.05. The van der Waals surface area contributed by atoms with Crippen molar-refractivity contribution in [2.75, 3.05) is 13.7 Å². The molecule has 21 heavy (non-hydrogen) atoms. The highest BCUT2D eigenvalue weighted by Gasteiger charge is 2.29. The standard InChI is InChI=1S/C14H17N3O3S/c1-10-7-11(3-4-14(10)20-2)21(18,19)17-6-5-12-13(8-17)16-9-15-12/h3-4,7,9H,5-6,8H2,1-2H3,(H,15,16). The van der Waals surface area contributed by atoms with E-state index < -0.39 is 10.0 Å². The second kappa shape index (κ2) is 5.16. The van der Waals surface area contributed by atoms with Crippen LogP contribution < -0.4 is 4.74 Å². The summed E-state index contributed by atoms with van der Waals surface area (Å²) in [5, 5.41) is 0. The average molecular weight is 307 g/mol. The minimum atomic E-state index is -3.50. The summed E-state index contributed by atoms with van der Waals surface area (Å²) in [5.74, 6) is 0.684. The lowest BCUT2D eigenvalue weighted by molar-refractivity contribution is 0.385. The van der Waals surface area contributed by atoms with E-state index in [1.54, 1.807) is 31.6 Å². The molecule has 6 nitrogen and oxygen atoms in total. The summed E-state index contributed by atoms with van der Waals surface area (Å²) in [6.45, 7) is 2.62. The summed E-state index contributed by atoms with van der Waals surface area (Å²) in [4.78, 5) is 7.49. The van der Waals surface area contributed by atoms with Crippen molar-refractivity contribution in [2.24, 2.45) is 0 Å². The van der Waals surface area contributed by atoms with Crippen molar-refractivity contribution >= 4 is 10.0 Å². The number of rotatable bonds is 3. The molecule has 1 aromatic heterocycles. The largest absolute Gasteiger partial charge is 0.496 e. The highest BCUT2D eigenvalue weighted by Crippen LogP contribution is 2.26. The van der Waals surface area contributed by atoms with Gasteiger partial charge >= 0.3 is 0 Å². The molecule has 1 aliphatic heterocycles. The quantitative estimate of drug-likeness (QED) is 0.932. The van der Waals surface area contributed by atoms with E-state index in [1.165, 1.54) is 4.31 Å². The van der Waals surface area contributed by atoms with Gasteiger partial charge in [0.1, 0.15) is 5.75 Å². The lowest BCUT2D eigenvalue weighted by atomic mass is 10.2. The van der Waals surface area contributed by atoms with Crippen molar-refractivity contribution in [2.45, 2.75) is 24.8 Å². The Morgan fingerprint density at radius 3 is 2.90 bits per heavy atom. The molecule has 7 heteroatoms. The highest BCUT2D eigenvalue weighted by molar-refractivity contribution is 7.89. The molecule has 0 spiro atoms. The third-order valence-corrected chi connectivity index (χ3v) is 5.59. The Balaban J connectivity index is 1.93. The molecular formula is C14H17N3O3S. The Morgan fingerprint density at radius 1 is 1.38 bits per heavy atom. The summed E-state index contributed by atoms with van der Waals surface area (Å²) in [7, 11) is -1.93. The lowest BCUT2D eigenvalue weighted by Gasteiger charge is -2.25. The van der Waals surface area contributed by atoms with Crippen molar-refractivity contribution in [3.05, 3.63) is 41.5 Å². The fourth-order valence-electron chi connectivity index (χ4n) is 2.55. The Bertz CT molecular complexity index is 768. The zero-order valence-corrected chi connectivity index (χ0v) is 12.8. The predicted octanol–water partition coefficient (Wildman–Crippen LogP) is 1.47. The molecule has 2 aromatic rings. The normalized spacial score (nSPS) is 15.7. The third-order valence-electron chi connectivity index (χ3n) is 3.74. The number of hydrogen-bond acceptors (Lipinski definition) is 4. The van der Waals surface area contributed by atoms with Crippen LogP contribution in [0.5, 0.6) is 5.75 Å². The van der Waals surface area contributed by atoms with Crippen LogP contribution in [0, 0.1) is 6.92 Å². The van der Waals surface area contributed by atoms with Crippen molar-refractivity contribution in [3.8, 4) is 5.75 Å². The van der Waals surface area contributed by atoms with Gasteiger partial charge in [0.15, 0.2) is 0 Å². The van der Waals surface area contributed by atoms with Gasteiger partial charge in [0, 0.05) is 13.0 Å². The number of fused-ring (bicyclic) bond motifs is 1. The fourth-order valence-corrected chi connectivity index (χ4v) is 4.05. The number of methoxy groups -OCH3 is 1. The van der Waals surface area contributed by atoms with E-state index in [2.05, 4.69) is 9.97 Å². The van der Waals surface area contributed by atoms with E-state index in [0.717, 1.165) is 17.0 Å². The Labute approximate surface area is 123 Å². The molecule has 2 heterocycles. The molecule has 0 atom stereocenters. The number of aryl methyl sites for hydroxylation is 1. The number of aromatic nitrogens is 2. The molecule has 0 unspecified atom stereocenters. The smallest absolute Gasteiger partial charge is 0.243 e. The predicted molar refractivity (Wildman–Crippen MR) is 77.6 cm³/mol. The molecule has 0 aliphatic carbocycles. The number of nitrogens with one attached hydrogen (secondary N) is 1. The van der Waals surface area contributed by atoms with E-state index in [0.29, 0.717) is 30.2 Å². The molecular weight excluding hydrogens is 290 g/mol. The summed E-state index contributed by atoms with van der Waals surface area (Å²) < 4.78 is 32.1. The third kappa shape index (κ3) is 2.43. The lowest BCUT2D eigenvalue weighted by Crippen LogP contribution is -2.36. The van der Waals surface area contributed by atoms with E-state index in [-0.39, 0.29) is 0 Å². The number of aromatic amines is 1. The average Bonchev–Trinajstić information content (AvgIpc) is 2.94. The summed E-state index contributed by atoms with van der Waals surface area (Å²) in [6, 6.07) is 4.92. The molecule has 0 bridgehead atoms.